The van der Waals surface area contributed by atoms with E-state index in [1.54, 1.807) is 49.5 Å². The van der Waals surface area contributed by atoms with Crippen LogP contribution < -0.4 is 20.7 Å². The lowest BCUT2D eigenvalue weighted by atomic mass is 9.90. The van der Waals surface area contributed by atoms with E-state index >= 15 is 0 Å². The summed E-state index contributed by atoms with van der Waals surface area (Å²) in [6.07, 6.45) is 10.9. The van der Waals surface area contributed by atoms with Crippen LogP contribution in [0.1, 0.15) is 103 Å². The molecular formula is C44H55N9O6. The molecule has 4 aromatic rings. The Morgan fingerprint density at radius 2 is 1.63 bits per heavy atom. The largest absolute Gasteiger partial charge is 0.484 e. The van der Waals surface area contributed by atoms with E-state index in [4.69, 9.17) is 9.72 Å². The molecule has 5 amide bonds. The number of carbonyl (C=O) groups is 5. The third-order valence-electron chi connectivity index (χ3n) is 11.6. The first-order valence-electron chi connectivity index (χ1n) is 20.9. The average molecular weight is 806 g/mol. The molecule has 7 rings (SSSR count). The van der Waals surface area contributed by atoms with Gasteiger partial charge in [0.05, 0.1) is 5.92 Å². The lowest BCUT2D eigenvalue weighted by Crippen LogP contribution is -2.50. The van der Waals surface area contributed by atoms with Crippen LogP contribution in [0.25, 0.3) is 11.0 Å². The Kier molecular flexibility index (Phi) is 13.5. The molecule has 312 valence electrons. The molecule has 3 N–H and O–H groups in total. The fourth-order valence-electron chi connectivity index (χ4n) is 8.21. The molecular weight excluding hydrogens is 751 g/mol. The molecule has 0 radical (unpaired) electrons. The second kappa shape index (κ2) is 19.3. The number of amides is 5. The molecule has 0 spiro atoms. The highest BCUT2D eigenvalue weighted by Gasteiger charge is 2.29. The van der Waals surface area contributed by atoms with Gasteiger partial charge in [-0.25, -0.2) is 4.98 Å². The van der Waals surface area contributed by atoms with Crippen LogP contribution >= 0.6 is 0 Å². The third-order valence-corrected chi connectivity index (χ3v) is 11.6. The van der Waals surface area contributed by atoms with Crippen molar-refractivity contribution < 1.29 is 28.7 Å². The topological polar surface area (TPSA) is 171 Å². The normalized spacial score (nSPS) is 17.5. The van der Waals surface area contributed by atoms with Crippen LogP contribution in [0.5, 0.6) is 5.75 Å². The molecule has 1 saturated carbocycles. The molecule has 59 heavy (non-hydrogen) atoms. The predicted octanol–water partition coefficient (Wildman–Crippen LogP) is 5.03. The summed E-state index contributed by atoms with van der Waals surface area (Å²) < 4.78 is 7.84. The van der Waals surface area contributed by atoms with E-state index in [2.05, 4.69) is 30.4 Å². The second-order valence-electron chi connectivity index (χ2n) is 16.0. The first-order valence-corrected chi connectivity index (χ1v) is 20.9. The number of rotatable bonds is 16. The number of hydrogen-bond donors (Lipinski definition) is 3. The zero-order chi connectivity index (χ0) is 41.3. The minimum atomic E-state index is -0.350. The first kappa shape index (κ1) is 41.3. The summed E-state index contributed by atoms with van der Waals surface area (Å²) in [5.41, 5.74) is 3.56. The summed E-state index contributed by atoms with van der Waals surface area (Å²) >= 11 is 0. The number of piperazine rings is 1. The van der Waals surface area contributed by atoms with Gasteiger partial charge in [-0.15, -0.1) is 0 Å². The lowest BCUT2D eigenvalue weighted by Gasteiger charge is -2.34. The number of anilines is 2. The van der Waals surface area contributed by atoms with Gasteiger partial charge in [0.2, 0.25) is 17.8 Å². The van der Waals surface area contributed by atoms with Gasteiger partial charge in [-0.05, 0) is 86.7 Å². The van der Waals surface area contributed by atoms with Crippen molar-refractivity contribution >= 4 is 52.2 Å². The maximum Gasteiger partial charge on any atom is 0.270 e. The van der Waals surface area contributed by atoms with Crippen LogP contribution in [0.3, 0.4) is 0 Å². The molecule has 15 heteroatoms. The van der Waals surface area contributed by atoms with Crippen molar-refractivity contribution in [3.05, 3.63) is 77.6 Å². The van der Waals surface area contributed by atoms with Crippen molar-refractivity contribution in [2.45, 2.75) is 76.2 Å². The second-order valence-corrected chi connectivity index (χ2v) is 16.0. The minimum absolute atomic E-state index is 0.0383. The number of hydrogen-bond acceptors (Lipinski definition) is 10. The van der Waals surface area contributed by atoms with E-state index in [1.165, 1.54) is 0 Å². The molecule has 1 unspecified atom stereocenters. The Morgan fingerprint density at radius 3 is 2.34 bits per heavy atom. The average Bonchev–Trinajstić information content (AvgIpc) is 3.91. The number of fused-ring (bicyclic) bond motifs is 1. The number of imide groups is 1. The monoisotopic (exact) mass is 805 g/mol. The lowest BCUT2D eigenvalue weighted by molar-refractivity contribution is -0.135. The van der Waals surface area contributed by atoms with Crippen molar-refractivity contribution in [2.24, 2.45) is 0 Å². The molecule has 2 saturated heterocycles. The van der Waals surface area contributed by atoms with Crippen molar-refractivity contribution in [1.82, 2.24) is 39.9 Å². The number of nitrogens with zero attached hydrogens (tertiary/aromatic N) is 6. The van der Waals surface area contributed by atoms with Gasteiger partial charge in [-0.2, -0.15) is 4.98 Å². The van der Waals surface area contributed by atoms with Crippen LogP contribution in [0.2, 0.25) is 0 Å². The summed E-state index contributed by atoms with van der Waals surface area (Å²) in [5, 5.41) is 9.52. The molecule has 4 heterocycles. The quantitative estimate of drug-likeness (QED) is 0.103. The van der Waals surface area contributed by atoms with Gasteiger partial charge in [0.1, 0.15) is 17.1 Å². The summed E-state index contributed by atoms with van der Waals surface area (Å²) in [5.74, 6) is -0.0589. The van der Waals surface area contributed by atoms with E-state index in [0.29, 0.717) is 55.4 Å². The number of piperidine rings is 1. The minimum Gasteiger partial charge on any atom is -0.484 e. The van der Waals surface area contributed by atoms with Gasteiger partial charge in [0.15, 0.2) is 6.61 Å². The smallest absolute Gasteiger partial charge is 0.270 e. The number of carbonyl (C=O) groups excluding carboxylic acids is 5. The Morgan fingerprint density at radius 1 is 0.898 bits per heavy atom. The zero-order valence-corrected chi connectivity index (χ0v) is 34.1. The number of aromatic nitrogens is 3. The van der Waals surface area contributed by atoms with Gasteiger partial charge >= 0.3 is 0 Å². The predicted molar refractivity (Wildman–Crippen MR) is 224 cm³/mol. The molecule has 0 bridgehead atoms. The molecule has 15 nitrogen and oxygen atoms in total. The zero-order valence-electron chi connectivity index (χ0n) is 34.1. The maximum absolute atomic E-state index is 13.0. The number of ether oxygens (including phenoxy) is 1. The van der Waals surface area contributed by atoms with Crippen molar-refractivity contribution in [3.63, 3.8) is 0 Å². The van der Waals surface area contributed by atoms with E-state index in [-0.39, 0.29) is 48.1 Å². The SMILES string of the molecule is CN(C)C(=O)c1cc2cnc(Nc3ccc(C(=O)NCCCCCCN4CCN(C(=O)COc5ccc(C6CCC(=O)NC6=O)cc5)CC4)cc3)nc2n1C1CCCC1. The highest BCUT2D eigenvalue weighted by molar-refractivity contribution is 6.01. The molecule has 2 aliphatic heterocycles. The Bertz CT molecular complexity index is 2120. The highest BCUT2D eigenvalue weighted by Crippen LogP contribution is 2.35. The third kappa shape index (κ3) is 10.4. The molecule has 3 aliphatic rings. The fourth-order valence-corrected chi connectivity index (χ4v) is 8.21. The summed E-state index contributed by atoms with van der Waals surface area (Å²) in [7, 11) is 3.53. The molecule has 3 fully saturated rings. The Hall–Kier alpha value is -5.83. The van der Waals surface area contributed by atoms with E-state index in [0.717, 1.165) is 93.3 Å². The van der Waals surface area contributed by atoms with Crippen molar-refractivity contribution in [1.29, 1.82) is 0 Å². The fraction of sp³-hybridized carbons (Fsp3) is 0.477. The van der Waals surface area contributed by atoms with Gasteiger partial charge < -0.3 is 29.7 Å². The summed E-state index contributed by atoms with van der Waals surface area (Å²) in [6.45, 7) is 4.54. The molecule has 2 aromatic carbocycles. The Labute approximate surface area is 344 Å². The van der Waals surface area contributed by atoms with E-state index in [1.807, 2.05) is 35.2 Å². The molecule has 1 aliphatic carbocycles. The van der Waals surface area contributed by atoms with Gasteiger partial charge in [0.25, 0.3) is 17.7 Å². The number of unbranched alkanes of at least 4 members (excludes halogenated alkanes) is 3. The van der Waals surface area contributed by atoms with Crippen LogP contribution in [-0.2, 0) is 14.4 Å². The van der Waals surface area contributed by atoms with E-state index < -0.39 is 0 Å². The summed E-state index contributed by atoms with van der Waals surface area (Å²) in [6, 6.07) is 16.5. The van der Waals surface area contributed by atoms with E-state index in [9.17, 15) is 24.0 Å². The van der Waals surface area contributed by atoms with Crippen LogP contribution in [-0.4, -0.2) is 119 Å². The van der Waals surface area contributed by atoms with Gasteiger partial charge in [0, 0.05) is 82.1 Å². The van der Waals surface area contributed by atoms with Gasteiger partial charge in [-0.1, -0.05) is 37.8 Å². The molecule has 2 aromatic heterocycles. The van der Waals surface area contributed by atoms with Crippen molar-refractivity contribution in [2.75, 3.05) is 65.3 Å². The van der Waals surface area contributed by atoms with Crippen LogP contribution in [0, 0.1) is 0 Å². The standard InChI is InChI=1S/C44H55N9O6/c1-50(2)43(58)37-27-32-28-46-44(49-40(32)53(37)34-9-5-6-10-34)47-33-15-11-31(12-16-33)41(56)45-21-7-3-4-8-22-51-23-25-52(26-24-51)39(55)29-59-35-17-13-30(14-18-35)36-19-20-38(54)48-42(36)57/h11-18,27-28,34,36H,3-10,19-26,29H2,1-2H3,(H,45,56)(H,46,47,49)(H,48,54,57). The Balaban J connectivity index is 0.763. The maximum atomic E-state index is 13.0. The number of nitrogens with one attached hydrogen (secondary N) is 3. The first-order chi connectivity index (χ1) is 28.6. The summed E-state index contributed by atoms with van der Waals surface area (Å²) in [4.78, 5) is 77.4. The number of benzene rings is 2. The van der Waals surface area contributed by atoms with Gasteiger partial charge in [-0.3, -0.25) is 34.2 Å². The molecule has 1 atom stereocenters. The van der Waals surface area contributed by atoms with Crippen LogP contribution in [0.15, 0.2) is 60.8 Å². The van der Waals surface area contributed by atoms with Crippen LogP contribution in [0.4, 0.5) is 11.6 Å². The van der Waals surface area contributed by atoms with Crippen molar-refractivity contribution in [3.8, 4) is 5.75 Å². The highest BCUT2D eigenvalue weighted by atomic mass is 16.5.